The van der Waals surface area contributed by atoms with Crippen LogP contribution in [-0.2, 0) is 0 Å². The summed E-state index contributed by atoms with van der Waals surface area (Å²) in [5.74, 6) is 0.263. The second kappa shape index (κ2) is 9.36. The predicted molar refractivity (Wildman–Crippen MR) is 141 cm³/mol. The van der Waals surface area contributed by atoms with Crippen LogP contribution in [0.5, 0.6) is 0 Å². The minimum atomic E-state index is -0.687. The van der Waals surface area contributed by atoms with Crippen molar-refractivity contribution < 1.29 is 9.90 Å². The summed E-state index contributed by atoms with van der Waals surface area (Å²) in [6, 6.07) is 6.03. The SMILES string of the molecule is Cc1cn2nc([C@@H]3CCCCN3C(=O)c3cnc4c(cnn4C(C)C)c3)cc2nc1N1C[C@@H](C#N)[C@@H](O)C1. The number of likely N-dealkylation sites (tertiary alicyclic amines) is 1. The Morgan fingerprint density at radius 1 is 1.21 bits per heavy atom. The van der Waals surface area contributed by atoms with Crippen LogP contribution in [-0.4, -0.2) is 71.0 Å². The second-order valence-electron chi connectivity index (χ2n) is 10.7. The molecule has 2 saturated heterocycles. The van der Waals surface area contributed by atoms with Crippen LogP contribution >= 0.6 is 0 Å². The molecule has 4 aromatic rings. The summed E-state index contributed by atoms with van der Waals surface area (Å²) in [5, 5.41) is 29.6. The number of fused-ring (bicyclic) bond motifs is 2. The number of nitrogens with zero attached hydrogens (tertiary/aromatic N) is 9. The molecule has 196 valence electrons. The first-order valence-corrected chi connectivity index (χ1v) is 13.2. The number of rotatable bonds is 4. The zero-order chi connectivity index (χ0) is 26.6. The van der Waals surface area contributed by atoms with Crippen molar-refractivity contribution in [3.05, 3.63) is 47.5 Å². The van der Waals surface area contributed by atoms with E-state index in [0.29, 0.717) is 30.8 Å². The van der Waals surface area contributed by atoms with Crippen molar-refractivity contribution in [2.24, 2.45) is 5.92 Å². The van der Waals surface area contributed by atoms with E-state index >= 15 is 0 Å². The molecule has 6 heterocycles. The summed E-state index contributed by atoms with van der Waals surface area (Å²) in [7, 11) is 0. The number of aromatic nitrogens is 6. The number of carbonyl (C=O) groups excluding carboxylic acids is 1. The molecule has 4 aromatic heterocycles. The Hall–Kier alpha value is -4.04. The topological polar surface area (TPSA) is 128 Å². The second-order valence-corrected chi connectivity index (χ2v) is 10.7. The van der Waals surface area contributed by atoms with E-state index in [-0.39, 0.29) is 18.0 Å². The van der Waals surface area contributed by atoms with Gasteiger partial charge in [-0.2, -0.15) is 15.5 Å². The van der Waals surface area contributed by atoms with Crippen LogP contribution in [0.15, 0.2) is 30.7 Å². The Labute approximate surface area is 220 Å². The Bertz CT molecular complexity index is 1570. The number of anilines is 1. The molecule has 2 aliphatic rings. The lowest BCUT2D eigenvalue weighted by Gasteiger charge is -2.34. The van der Waals surface area contributed by atoms with Crippen molar-refractivity contribution in [3.63, 3.8) is 0 Å². The Balaban J connectivity index is 1.30. The highest BCUT2D eigenvalue weighted by Crippen LogP contribution is 2.33. The van der Waals surface area contributed by atoms with Crippen LogP contribution < -0.4 is 4.90 Å². The van der Waals surface area contributed by atoms with Gasteiger partial charge in [-0.15, -0.1) is 0 Å². The van der Waals surface area contributed by atoms with Gasteiger partial charge >= 0.3 is 0 Å². The molecule has 2 fully saturated rings. The van der Waals surface area contributed by atoms with Crippen LogP contribution in [0.2, 0.25) is 0 Å². The lowest BCUT2D eigenvalue weighted by Crippen LogP contribution is -2.38. The molecule has 0 bridgehead atoms. The first-order chi connectivity index (χ1) is 18.3. The maximum absolute atomic E-state index is 13.7. The van der Waals surface area contributed by atoms with E-state index in [1.54, 1.807) is 16.9 Å². The van der Waals surface area contributed by atoms with Gasteiger partial charge < -0.3 is 14.9 Å². The number of aliphatic hydroxyl groups is 1. The standard InChI is InChI=1S/C27H31N9O2/c1-16(2)36-26-18(12-30-36)8-19(11-29-26)27(38)34-7-5-4-6-22(34)21-9-24-31-25(17(3)13-35(24)32-21)33-14-20(10-28)23(37)15-33/h8-9,11-13,16,20,22-23,37H,4-7,14-15H2,1-3H3/t20-,22+,23+/m1/s1. The van der Waals surface area contributed by atoms with Gasteiger partial charge in [-0.1, -0.05) is 0 Å². The third-order valence-corrected chi connectivity index (χ3v) is 7.65. The Morgan fingerprint density at radius 3 is 2.82 bits per heavy atom. The van der Waals surface area contributed by atoms with Gasteiger partial charge in [-0.3, -0.25) is 4.79 Å². The fraction of sp³-hybridized carbons (Fsp3) is 0.481. The molecule has 11 heteroatoms. The molecule has 3 atom stereocenters. The zero-order valence-electron chi connectivity index (χ0n) is 21.8. The molecule has 1 amide bonds. The summed E-state index contributed by atoms with van der Waals surface area (Å²) < 4.78 is 3.62. The lowest BCUT2D eigenvalue weighted by atomic mass is 9.98. The van der Waals surface area contributed by atoms with Crippen molar-refractivity contribution in [2.45, 2.75) is 58.2 Å². The summed E-state index contributed by atoms with van der Waals surface area (Å²) in [5.41, 5.74) is 3.72. The average Bonchev–Trinajstić information content (AvgIpc) is 3.63. The molecule has 0 saturated carbocycles. The van der Waals surface area contributed by atoms with Gasteiger partial charge in [0.25, 0.3) is 5.91 Å². The highest BCUT2D eigenvalue weighted by Gasteiger charge is 2.34. The zero-order valence-corrected chi connectivity index (χ0v) is 21.8. The maximum atomic E-state index is 13.7. The van der Waals surface area contributed by atoms with E-state index in [0.717, 1.165) is 47.4 Å². The maximum Gasteiger partial charge on any atom is 0.256 e. The number of nitriles is 1. The molecular formula is C27H31N9O2. The number of aliphatic hydroxyl groups excluding tert-OH is 1. The fourth-order valence-electron chi connectivity index (χ4n) is 5.67. The molecule has 0 spiro atoms. The molecule has 0 aromatic carbocycles. The van der Waals surface area contributed by atoms with E-state index in [1.165, 1.54) is 0 Å². The van der Waals surface area contributed by atoms with E-state index < -0.39 is 12.0 Å². The predicted octanol–water partition coefficient (Wildman–Crippen LogP) is 3.05. The first-order valence-electron chi connectivity index (χ1n) is 13.2. The number of pyridine rings is 1. The normalized spacial score (nSPS) is 22.1. The lowest BCUT2D eigenvalue weighted by molar-refractivity contribution is 0.0605. The summed E-state index contributed by atoms with van der Waals surface area (Å²) in [6.07, 6.45) is 7.43. The first kappa shape index (κ1) is 24.3. The van der Waals surface area contributed by atoms with Crippen LogP contribution in [0, 0.1) is 24.2 Å². The van der Waals surface area contributed by atoms with E-state index in [2.05, 4.69) is 30.0 Å². The number of β-amino-alcohol motifs (C(OH)–C–C–N with tert-alkyl or cyclic N) is 1. The van der Waals surface area contributed by atoms with Gasteiger partial charge in [-0.25, -0.2) is 19.2 Å². The molecule has 0 unspecified atom stereocenters. The van der Waals surface area contributed by atoms with Crippen LogP contribution in [0.25, 0.3) is 16.7 Å². The van der Waals surface area contributed by atoms with Crippen LogP contribution in [0.3, 0.4) is 0 Å². The third-order valence-electron chi connectivity index (χ3n) is 7.65. The minimum absolute atomic E-state index is 0.0584. The average molecular weight is 514 g/mol. The number of carbonyl (C=O) groups is 1. The molecular weight excluding hydrogens is 482 g/mol. The summed E-state index contributed by atoms with van der Waals surface area (Å²) >= 11 is 0. The Kier molecular flexibility index (Phi) is 5.99. The largest absolute Gasteiger partial charge is 0.390 e. The minimum Gasteiger partial charge on any atom is -0.390 e. The molecule has 0 aliphatic carbocycles. The molecule has 2 aliphatic heterocycles. The highest BCUT2D eigenvalue weighted by molar-refractivity contribution is 5.97. The van der Waals surface area contributed by atoms with Gasteiger partial charge in [0, 0.05) is 55.1 Å². The smallest absolute Gasteiger partial charge is 0.256 e. The summed E-state index contributed by atoms with van der Waals surface area (Å²) in [4.78, 5) is 27.0. The van der Waals surface area contributed by atoms with Crippen molar-refractivity contribution >= 4 is 28.4 Å². The van der Waals surface area contributed by atoms with Crippen molar-refractivity contribution in [3.8, 4) is 6.07 Å². The van der Waals surface area contributed by atoms with Crippen LogP contribution in [0.1, 0.15) is 66.8 Å². The molecule has 11 nitrogen and oxygen atoms in total. The van der Waals surface area contributed by atoms with Gasteiger partial charge in [-0.05, 0) is 46.1 Å². The van der Waals surface area contributed by atoms with Gasteiger partial charge in [0.2, 0.25) is 0 Å². The molecule has 38 heavy (non-hydrogen) atoms. The third kappa shape index (κ3) is 4.05. The molecule has 0 radical (unpaired) electrons. The molecule has 6 rings (SSSR count). The number of aryl methyl sites for hydroxylation is 1. The number of hydrogen-bond acceptors (Lipinski definition) is 8. The van der Waals surface area contributed by atoms with Gasteiger partial charge in [0.15, 0.2) is 11.3 Å². The number of hydrogen-bond donors (Lipinski definition) is 1. The van der Waals surface area contributed by atoms with Crippen molar-refractivity contribution in [2.75, 3.05) is 24.5 Å². The summed E-state index contributed by atoms with van der Waals surface area (Å²) in [6.45, 7) is 7.54. The number of amides is 1. The van der Waals surface area contributed by atoms with E-state index in [9.17, 15) is 15.2 Å². The van der Waals surface area contributed by atoms with E-state index in [1.807, 2.05) is 39.7 Å². The van der Waals surface area contributed by atoms with Crippen molar-refractivity contribution in [1.29, 1.82) is 5.26 Å². The van der Waals surface area contributed by atoms with Gasteiger partial charge in [0.05, 0.1) is 41.6 Å². The van der Waals surface area contributed by atoms with Gasteiger partial charge in [0.1, 0.15) is 5.82 Å². The fourth-order valence-corrected chi connectivity index (χ4v) is 5.67. The Morgan fingerprint density at radius 2 is 2.05 bits per heavy atom. The number of piperidine rings is 1. The van der Waals surface area contributed by atoms with Crippen molar-refractivity contribution in [1.82, 2.24) is 34.3 Å². The quantitative estimate of drug-likeness (QED) is 0.441. The van der Waals surface area contributed by atoms with Crippen LogP contribution in [0.4, 0.5) is 5.82 Å². The molecule has 1 N–H and O–H groups in total. The highest BCUT2D eigenvalue weighted by atomic mass is 16.3. The monoisotopic (exact) mass is 513 g/mol. The van der Waals surface area contributed by atoms with E-state index in [4.69, 9.17) is 10.1 Å².